The van der Waals surface area contributed by atoms with Crippen LogP contribution in [0.5, 0.6) is 0 Å². The molecule has 0 aliphatic carbocycles. The van der Waals surface area contributed by atoms with Crippen LogP contribution in [0.2, 0.25) is 0 Å². The lowest BCUT2D eigenvalue weighted by atomic mass is 10.1. The fourth-order valence-electron chi connectivity index (χ4n) is 2.13. The molecule has 1 rings (SSSR count). The highest BCUT2D eigenvalue weighted by Gasteiger charge is 2.12. The topological polar surface area (TPSA) is 41.9 Å². The summed E-state index contributed by atoms with van der Waals surface area (Å²) in [6.07, 6.45) is 4.56. The summed E-state index contributed by atoms with van der Waals surface area (Å²) in [4.78, 5) is 2.15. The van der Waals surface area contributed by atoms with Crippen molar-refractivity contribution in [1.29, 1.82) is 0 Å². The van der Waals surface area contributed by atoms with E-state index in [0.717, 1.165) is 13.1 Å². The molecule has 0 spiro atoms. The second-order valence-corrected chi connectivity index (χ2v) is 5.09. The standard InChI is InChI=1S/C17H25NO3/c1-4-9-21-14-17(19)13-18(8-10-20-3)12-16-7-5-6-15(2)11-16/h1,5-7,11,17,19H,8-10,12-14H2,2-3H3/t17-/m1/s1. The number of hydrogen-bond acceptors (Lipinski definition) is 4. The number of methoxy groups -OCH3 is 1. The van der Waals surface area contributed by atoms with Crippen LogP contribution in [-0.4, -0.2) is 56.1 Å². The van der Waals surface area contributed by atoms with Gasteiger partial charge in [-0.05, 0) is 12.5 Å². The monoisotopic (exact) mass is 291 g/mol. The van der Waals surface area contributed by atoms with Gasteiger partial charge >= 0.3 is 0 Å². The van der Waals surface area contributed by atoms with Crippen molar-refractivity contribution in [2.45, 2.75) is 19.6 Å². The maximum Gasteiger partial charge on any atom is 0.107 e. The molecule has 1 aromatic carbocycles. The molecule has 0 bridgehead atoms. The first-order chi connectivity index (χ1) is 10.2. The highest BCUT2D eigenvalue weighted by Crippen LogP contribution is 2.08. The lowest BCUT2D eigenvalue weighted by Gasteiger charge is -2.25. The zero-order valence-corrected chi connectivity index (χ0v) is 12.9. The lowest BCUT2D eigenvalue weighted by Crippen LogP contribution is -2.36. The quantitative estimate of drug-likeness (QED) is 0.523. The van der Waals surface area contributed by atoms with Crippen LogP contribution in [0.3, 0.4) is 0 Å². The number of aliphatic hydroxyl groups is 1. The van der Waals surface area contributed by atoms with Crippen molar-refractivity contribution in [3.8, 4) is 12.3 Å². The van der Waals surface area contributed by atoms with E-state index >= 15 is 0 Å². The summed E-state index contributed by atoms with van der Waals surface area (Å²) >= 11 is 0. The third-order valence-electron chi connectivity index (χ3n) is 3.06. The molecule has 0 heterocycles. The molecule has 0 saturated heterocycles. The minimum Gasteiger partial charge on any atom is -0.389 e. The highest BCUT2D eigenvalue weighted by atomic mass is 16.5. The van der Waals surface area contributed by atoms with Crippen molar-refractivity contribution in [3.63, 3.8) is 0 Å². The summed E-state index contributed by atoms with van der Waals surface area (Å²) < 4.78 is 10.3. The SMILES string of the molecule is C#CCOC[C@H](O)CN(CCOC)Cc1cccc(C)c1. The number of aliphatic hydroxyl groups excluding tert-OH is 1. The number of rotatable bonds is 10. The average Bonchev–Trinajstić information content (AvgIpc) is 2.45. The van der Waals surface area contributed by atoms with Gasteiger partial charge in [0, 0.05) is 26.7 Å². The van der Waals surface area contributed by atoms with E-state index in [1.165, 1.54) is 11.1 Å². The molecule has 1 atom stereocenters. The molecule has 0 aromatic heterocycles. The molecule has 0 unspecified atom stereocenters. The molecular weight excluding hydrogens is 266 g/mol. The fraction of sp³-hybridized carbons (Fsp3) is 0.529. The van der Waals surface area contributed by atoms with E-state index in [1.54, 1.807) is 7.11 Å². The number of nitrogens with zero attached hydrogens (tertiary/aromatic N) is 1. The Hall–Kier alpha value is -1.38. The molecule has 0 aliphatic rings. The van der Waals surface area contributed by atoms with E-state index in [9.17, 15) is 5.11 Å². The average molecular weight is 291 g/mol. The Bertz CT molecular complexity index is 442. The zero-order chi connectivity index (χ0) is 15.5. The van der Waals surface area contributed by atoms with Crippen molar-refractivity contribution in [1.82, 2.24) is 4.90 Å². The van der Waals surface area contributed by atoms with E-state index in [4.69, 9.17) is 15.9 Å². The summed E-state index contributed by atoms with van der Waals surface area (Å²) in [5.41, 5.74) is 2.46. The third kappa shape index (κ3) is 7.84. The molecule has 1 aromatic rings. The summed E-state index contributed by atoms with van der Waals surface area (Å²) in [5, 5.41) is 10.0. The van der Waals surface area contributed by atoms with Gasteiger partial charge < -0.3 is 14.6 Å². The number of aryl methyl sites for hydroxylation is 1. The predicted octanol–water partition coefficient (Wildman–Crippen LogP) is 1.45. The Morgan fingerprint density at radius 3 is 2.90 bits per heavy atom. The van der Waals surface area contributed by atoms with Gasteiger partial charge in [-0.1, -0.05) is 35.7 Å². The van der Waals surface area contributed by atoms with Crippen LogP contribution in [-0.2, 0) is 16.0 Å². The Balaban J connectivity index is 2.52. The molecule has 4 nitrogen and oxygen atoms in total. The van der Waals surface area contributed by atoms with E-state index in [2.05, 4.69) is 35.9 Å². The molecule has 0 fully saturated rings. The second-order valence-electron chi connectivity index (χ2n) is 5.09. The van der Waals surface area contributed by atoms with E-state index in [-0.39, 0.29) is 13.2 Å². The number of hydrogen-bond donors (Lipinski definition) is 1. The molecule has 1 N–H and O–H groups in total. The van der Waals surface area contributed by atoms with Gasteiger partial charge in [-0.2, -0.15) is 0 Å². The van der Waals surface area contributed by atoms with E-state index < -0.39 is 6.10 Å². The number of benzene rings is 1. The van der Waals surface area contributed by atoms with Gasteiger partial charge in [0.2, 0.25) is 0 Å². The van der Waals surface area contributed by atoms with Gasteiger partial charge in [-0.25, -0.2) is 0 Å². The van der Waals surface area contributed by atoms with Gasteiger partial charge in [0.25, 0.3) is 0 Å². The van der Waals surface area contributed by atoms with Crippen LogP contribution in [0, 0.1) is 19.3 Å². The number of ether oxygens (including phenoxy) is 2. The molecule has 4 heteroatoms. The van der Waals surface area contributed by atoms with Gasteiger partial charge in [-0.3, -0.25) is 4.90 Å². The molecule has 0 saturated carbocycles. The fourth-order valence-corrected chi connectivity index (χ4v) is 2.13. The first-order valence-corrected chi connectivity index (χ1v) is 7.11. The molecule has 0 radical (unpaired) electrons. The Morgan fingerprint density at radius 1 is 1.43 bits per heavy atom. The van der Waals surface area contributed by atoms with Crippen LogP contribution in [0.15, 0.2) is 24.3 Å². The molecule has 116 valence electrons. The minimum atomic E-state index is -0.556. The highest BCUT2D eigenvalue weighted by molar-refractivity contribution is 5.22. The Labute approximate surface area is 127 Å². The molecule has 0 amide bonds. The summed E-state index contributed by atoms with van der Waals surface area (Å²) in [7, 11) is 1.68. The lowest BCUT2D eigenvalue weighted by molar-refractivity contribution is 0.0207. The van der Waals surface area contributed by atoms with Crippen LogP contribution in [0.4, 0.5) is 0 Å². The van der Waals surface area contributed by atoms with Gasteiger partial charge in [0.05, 0.1) is 19.3 Å². The number of terminal acetylenes is 1. The minimum absolute atomic E-state index is 0.229. The van der Waals surface area contributed by atoms with Crippen LogP contribution < -0.4 is 0 Å². The first kappa shape index (κ1) is 17.7. The molecule has 21 heavy (non-hydrogen) atoms. The van der Waals surface area contributed by atoms with Crippen LogP contribution >= 0.6 is 0 Å². The third-order valence-corrected chi connectivity index (χ3v) is 3.06. The van der Waals surface area contributed by atoms with Gasteiger partial charge in [0.1, 0.15) is 6.61 Å². The summed E-state index contributed by atoms with van der Waals surface area (Å²) in [6.45, 7) is 5.25. The Kier molecular flexibility index (Phi) is 8.72. The van der Waals surface area contributed by atoms with Crippen LogP contribution in [0.1, 0.15) is 11.1 Å². The zero-order valence-electron chi connectivity index (χ0n) is 12.9. The van der Waals surface area contributed by atoms with Crippen molar-refractivity contribution in [2.24, 2.45) is 0 Å². The van der Waals surface area contributed by atoms with Gasteiger partial charge in [0.15, 0.2) is 0 Å². The smallest absolute Gasteiger partial charge is 0.107 e. The van der Waals surface area contributed by atoms with E-state index in [0.29, 0.717) is 13.2 Å². The first-order valence-electron chi connectivity index (χ1n) is 7.11. The maximum atomic E-state index is 10.0. The largest absolute Gasteiger partial charge is 0.389 e. The second kappa shape index (κ2) is 10.4. The normalized spacial score (nSPS) is 12.3. The van der Waals surface area contributed by atoms with Crippen molar-refractivity contribution < 1.29 is 14.6 Å². The molecular formula is C17H25NO3. The van der Waals surface area contributed by atoms with Crippen molar-refractivity contribution in [3.05, 3.63) is 35.4 Å². The van der Waals surface area contributed by atoms with Crippen molar-refractivity contribution in [2.75, 3.05) is 40.0 Å². The predicted molar refractivity (Wildman–Crippen MR) is 84.0 cm³/mol. The molecule has 0 aliphatic heterocycles. The van der Waals surface area contributed by atoms with Gasteiger partial charge in [-0.15, -0.1) is 6.42 Å². The maximum absolute atomic E-state index is 10.0. The summed E-state index contributed by atoms with van der Waals surface area (Å²) in [6, 6.07) is 8.37. The Morgan fingerprint density at radius 2 is 2.24 bits per heavy atom. The van der Waals surface area contributed by atoms with Crippen LogP contribution in [0.25, 0.3) is 0 Å². The van der Waals surface area contributed by atoms with E-state index in [1.807, 2.05) is 6.07 Å². The summed E-state index contributed by atoms with van der Waals surface area (Å²) in [5.74, 6) is 2.39. The van der Waals surface area contributed by atoms with Crippen molar-refractivity contribution >= 4 is 0 Å².